The fourth-order valence-electron chi connectivity index (χ4n) is 5.01. The van der Waals surface area contributed by atoms with Crippen LogP contribution >= 0.6 is 0 Å². The Balaban J connectivity index is 1.50. The Labute approximate surface area is 179 Å². The maximum atomic E-state index is 13.6. The van der Waals surface area contributed by atoms with Gasteiger partial charge >= 0.3 is 0 Å². The Morgan fingerprint density at radius 2 is 1.68 bits per heavy atom. The van der Waals surface area contributed by atoms with Crippen LogP contribution in [0.25, 0.3) is 28.0 Å². The van der Waals surface area contributed by atoms with E-state index in [2.05, 4.69) is 38.1 Å². The van der Waals surface area contributed by atoms with E-state index in [1.54, 1.807) is 24.5 Å². The van der Waals surface area contributed by atoms with Crippen LogP contribution in [0.15, 0.2) is 55.0 Å². The third-order valence-electron chi connectivity index (χ3n) is 6.48. The van der Waals surface area contributed by atoms with Gasteiger partial charge < -0.3 is 9.80 Å². The number of aromatic nitrogens is 5. The number of nitrogens with zero attached hydrogens (tertiary/aromatic N) is 7. The quantitative estimate of drug-likeness (QED) is 0.513. The zero-order chi connectivity index (χ0) is 20.9. The zero-order valence-corrected chi connectivity index (χ0v) is 17.2. The van der Waals surface area contributed by atoms with Crippen molar-refractivity contribution in [2.75, 3.05) is 38.1 Å². The van der Waals surface area contributed by atoms with E-state index in [0.29, 0.717) is 11.8 Å². The Morgan fingerprint density at radius 1 is 0.903 bits per heavy atom. The summed E-state index contributed by atoms with van der Waals surface area (Å²) >= 11 is 0. The van der Waals surface area contributed by atoms with Gasteiger partial charge in [0.1, 0.15) is 11.6 Å². The van der Waals surface area contributed by atoms with Crippen molar-refractivity contribution < 1.29 is 4.39 Å². The van der Waals surface area contributed by atoms with Crippen LogP contribution in [0.2, 0.25) is 0 Å². The predicted molar refractivity (Wildman–Crippen MR) is 116 cm³/mol. The van der Waals surface area contributed by atoms with E-state index in [0.717, 1.165) is 60.0 Å². The number of rotatable bonds is 3. The number of halogens is 1. The fraction of sp³-hybridized carbons (Fsp3) is 0.304. The molecule has 0 saturated carbocycles. The summed E-state index contributed by atoms with van der Waals surface area (Å²) in [6.45, 7) is 4.26. The van der Waals surface area contributed by atoms with Gasteiger partial charge in [-0.05, 0) is 48.7 Å². The van der Waals surface area contributed by atoms with Crippen molar-refractivity contribution >= 4 is 11.5 Å². The summed E-state index contributed by atoms with van der Waals surface area (Å²) in [6, 6.07) is 10.6. The number of anilines is 1. The smallest absolute Gasteiger partial charge is 0.162 e. The van der Waals surface area contributed by atoms with Gasteiger partial charge in [0.2, 0.25) is 0 Å². The molecule has 2 aliphatic heterocycles. The second-order valence-electron chi connectivity index (χ2n) is 8.58. The SMILES string of the molecule is CN1CC2CN(c3cc(-c4ccc(F)cc4)c4ncc(-c5ccnnc5)n4n3)CC2C1. The fourth-order valence-corrected chi connectivity index (χ4v) is 5.01. The minimum atomic E-state index is -0.252. The van der Waals surface area contributed by atoms with E-state index in [9.17, 15) is 4.39 Å². The lowest BCUT2D eigenvalue weighted by Gasteiger charge is -2.21. The highest BCUT2D eigenvalue weighted by atomic mass is 19.1. The molecule has 3 aromatic heterocycles. The van der Waals surface area contributed by atoms with Crippen molar-refractivity contribution in [2.45, 2.75) is 0 Å². The normalized spacial score (nSPS) is 21.2. The van der Waals surface area contributed by atoms with Gasteiger partial charge in [-0.3, -0.25) is 0 Å². The van der Waals surface area contributed by atoms with Crippen LogP contribution in [0.1, 0.15) is 0 Å². The van der Waals surface area contributed by atoms with Crippen LogP contribution in [0, 0.1) is 17.7 Å². The van der Waals surface area contributed by atoms with Gasteiger partial charge in [-0.25, -0.2) is 13.9 Å². The Morgan fingerprint density at radius 3 is 2.39 bits per heavy atom. The third kappa shape index (κ3) is 3.14. The summed E-state index contributed by atoms with van der Waals surface area (Å²) in [5.74, 6) is 2.01. The van der Waals surface area contributed by atoms with Gasteiger partial charge in [-0.2, -0.15) is 10.2 Å². The van der Waals surface area contributed by atoms with Crippen LogP contribution in [0.4, 0.5) is 10.2 Å². The number of fused-ring (bicyclic) bond motifs is 2. The summed E-state index contributed by atoms with van der Waals surface area (Å²) in [6.07, 6.45) is 5.19. The maximum Gasteiger partial charge on any atom is 0.162 e. The van der Waals surface area contributed by atoms with Crippen LogP contribution in [0.5, 0.6) is 0 Å². The molecule has 0 amide bonds. The summed E-state index contributed by atoms with van der Waals surface area (Å²) in [5, 5.41) is 12.9. The molecule has 0 bridgehead atoms. The molecular weight excluding hydrogens is 393 g/mol. The molecule has 8 heteroatoms. The van der Waals surface area contributed by atoms with Crippen molar-refractivity contribution in [3.05, 3.63) is 60.8 Å². The molecule has 2 atom stereocenters. The van der Waals surface area contributed by atoms with Gasteiger partial charge in [-0.15, -0.1) is 5.10 Å². The maximum absolute atomic E-state index is 13.6. The Hall–Kier alpha value is -3.39. The highest BCUT2D eigenvalue weighted by Gasteiger charge is 2.39. The van der Waals surface area contributed by atoms with Crippen molar-refractivity contribution in [3.63, 3.8) is 0 Å². The molecule has 2 saturated heterocycles. The lowest BCUT2D eigenvalue weighted by atomic mass is 10.0. The summed E-state index contributed by atoms with van der Waals surface area (Å²) in [4.78, 5) is 9.45. The largest absolute Gasteiger partial charge is 0.354 e. The van der Waals surface area contributed by atoms with Crippen molar-refractivity contribution in [3.8, 4) is 22.4 Å². The van der Waals surface area contributed by atoms with Gasteiger partial charge in [0.25, 0.3) is 0 Å². The summed E-state index contributed by atoms with van der Waals surface area (Å²) < 4.78 is 15.5. The first-order valence-corrected chi connectivity index (χ1v) is 10.5. The molecule has 4 aromatic rings. The van der Waals surface area contributed by atoms with Gasteiger partial charge in [0.15, 0.2) is 5.65 Å². The van der Waals surface area contributed by atoms with Crippen molar-refractivity contribution in [2.24, 2.45) is 11.8 Å². The topological polar surface area (TPSA) is 62.5 Å². The van der Waals surface area contributed by atoms with Crippen LogP contribution < -0.4 is 4.90 Å². The number of hydrogen-bond acceptors (Lipinski definition) is 6. The average molecular weight is 415 g/mol. The van der Waals surface area contributed by atoms with E-state index in [-0.39, 0.29) is 5.82 Å². The van der Waals surface area contributed by atoms with Crippen molar-refractivity contribution in [1.82, 2.24) is 29.7 Å². The van der Waals surface area contributed by atoms with Crippen LogP contribution in [-0.4, -0.2) is 62.9 Å². The van der Waals surface area contributed by atoms with E-state index in [1.807, 2.05) is 16.8 Å². The first-order chi connectivity index (χ1) is 15.2. The zero-order valence-electron chi connectivity index (χ0n) is 17.2. The van der Waals surface area contributed by atoms with E-state index >= 15 is 0 Å². The molecule has 31 heavy (non-hydrogen) atoms. The molecule has 2 fully saturated rings. The van der Waals surface area contributed by atoms with Gasteiger partial charge in [0, 0.05) is 37.3 Å². The number of imidazole rings is 1. The average Bonchev–Trinajstić information content (AvgIpc) is 3.47. The molecule has 5 heterocycles. The number of hydrogen-bond donors (Lipinski definition) is 0. The standard InChI is InChI=1S/C23H22FN7/c1-29-11-17-13-30(14-18(17)12-29)22-8-20(15-2-4-19(24)5-3-15)23-25-10-21(31(23)28-22)16-6-7-26-27-9-16/h2-10,17-18H,11-14H2,1H3. The molecule has 2 unspecified atom stereocenters. The Bertz CT molecular complexity index is 1220. The molecule has 6 rings (SSSR count). The lowest BCUT2D eigenvalue weighted by molar-refractivity contribution is 0.386. The van der Waals surface area contributed by atoms with Crippen LogP contribution in [0.3, 0.4) is 0 Å². The monoisotopic (exact) mass is 415 g/mol. The first kappa shape index (κ1) is 18.4. The second-order valence-corrected chi connectivity index (χ2v) is 8.58. The highest BCUT2D eigenvalue weighted by molar-refractivity contribution is 5.81. The molecule has 7 nitrogen and oxygen atoms in total. The predicted octanol–water partition coefficient (Wildman–Crippen LogP) is 2.99. The van der Waals surface area contributed by atoms with Gasteiger partial charge in [0.05, 0.1) is 24.3 Å². The van der Waals surface area contributed by atoms with E-state index < -0.39 is 0 Å². The highest BCUT2D eigenvalue weighted by Crippen LogP contribution is 2.35. The molecule has 0 radical (unpaired) electrons. The van der Waals surface area contributed by atoms with E-state index in [1.165, 1.54) is 12.1 Å². The second kappa shape index (κ2) is 7.09. The van der Waals surface area contributed by atoms with E-state index in [4.69, 9.17) is 5.10 Å². The summed E-state index contributed by atoms with van der Waals surface area (Å²) in [5.41, 5.74) is 4.35. The van der Waals surface area contributed by atoms with Gasteiger partial charge in [-0.1, -0.05) is 12.1 Å². The molecule has 2 aliphatic rings. The molecule has 0 N–H and O–H groups in total. The summed E-state index contributed by atoms with van der Waals surface area (Å²) in [7, 11) is 2.19. The number of likely N-dealkylation sites (tertiary alicyclic amines) is 1. The minimum absolute atomic E-state index is 0.252. The molecule has 156 valence electrons. The lowest BCUT2D eigenvalue weighted by Crippen LogP contribution is -2.27. The van der Waals surface area contributed by atoms with Crippen molar-refractivity contribution in [1.29, 1.82) is 0 Å². The first-order valence-electron chi connectivity index (χ1n) is 10.5. The molecule has 1 aromatic carbocycles. The Kier molecular flexibility index (Phi) is 4.21. The number of benzene rings is 1. The molecular formula is C23H22FN7. The molecule has 0 spiro atoms. The third-order valence-corrected chi connectivity index (χ3v) is 6.48. The molecule has 0 aliphatic carbocycles. The van der Waals surface area contributed by atoms with Crippen LogP contribution in [-0.2, 0) is 0 Å². The minimum Gasteiger partial charge on any atom is -0.354 e.